The second-order valence-electron chi connectivity index (χ2n) is 4.67. The van der Waals surface area contributed by atoms with E-state index in [1.165, 1.54) is 4.68 Å². The molecule has 104 valence electrons. The predicted molar refractivity (Wildman–Crippen MR) is 64.8 cm³/mol. The zero-order valence-corrected chi connectivity index (χ0v) is 10.7. The van der Waals surface area contributed by atoms with Crippen molar-refractivity contribution >= 4 is 11.9 Å². The Morgan fingerprint density at radius 2 is 2.32 bits per heavy atom. The monoisotopic (exact) mass is 267 g/mol. The van der Waals surface area contributed by atoms with E-state index in [4.69, 9.17) is 10.8 Å². The molecule has 8 heteroatoms. The molecule has 0 spiro atoms. The van der Waals surface area contributed by atoms with E-state index in [1.54, 1.807) is 18.0 Å². The van der Waals surface area contributed by atoms with Crippen LogP contribution in [0.15, 0.2) is 6.20 Å². The van der Waals surface area contributed by atoms with Gasteiger partial charge < -0.3 is 15.7 Å². The number of nitrogens with two attached hydrogens (primary N) is 1. The third-order valence-electron chi connectivity index (χ3n) is 3.48. The van der Waals surface area contributed by atoms with E-state index >= 15 is 0 Å². The minimum atomic E-state index is -0.853. The number of aliphatic carboxylic acids is 1. The quantitative estimate of drug-likeness (QED) is 0.727. The van der Waals surface area contributed by atoms with E-state index in [-0.39, 0.29) is 25.0 Å². The van der Waals surface area contributed by atoms with Gasteiger partial charge in [0.05, 0.1) is 17.8 Å². The predicted octanol–water partition coefficient (Wildman–Crippen LogP) is -0.942. The molecule has 2 heterocycles. The van der Waals surface area contributed by atoms with Gasteiger partial charge in [-0.05, 0) is 13.3 Å². The first-order valence-corrected chi connectivity index (χ1v) is 6.14. The van der Waals surface area contributed by atoms with Gasteiger partial charge in [0, 0.05) is 19.1 Å². The van der Waals surface area contributed by atoms with Gasteiger partial charge in [-0.25, -0.2) is 4.68 Å². The van der Waals surface area contributed by atoms with Gasteiger partial charge in [0.15, 0.2) is 0 Å². The highest BCUT2D eigenvalue weighted by atomic mass is 16.4. The van der Waals surface area contributed by atoms with E-state index in [0.717, 1.165) is 0 Å². The van der Waals surface area contributed by atoms with E-state index in [2.05, 4.69) is 10.3 Å². The van der Waals surface area contributed by atoms with Gasteiger partial charge in [-0.3, -0.25) is 9.59 Å². The van der Waals surface area contributed by atoms with Crippen LogP contribution in [0.2, 0.25) is 0 Å². The number of hydrogen-bond acceptors (Lipinski definition) is 5. The van der Waals surface area contributed by atoms with Crippen molar-refractivity contribution in [2.24, 2.45) is 11.7 Å². The molecule has 8 nitrogen and oxygen atoms in total. The molecule has 0 saturated carbocycles. The molecule has 19 heavy (non-hydrogen) atoms. The summed E-state index contributed by atoms with van der Waals surface area (Å²) in [6.07, 6.45) is 2.11. The highest BCUT2D eigenvalue weighted by Gasteiger charge is 2.37. The normalized spacial score (nSPS) is 22.7. The lowest BCUT2D eigenvalue weighted by Crippen LogP contribution is -2.39. The lowest BCUT2D eigenvalue weighted by atomic mass is 10.0. The summed E-state index contributed by atoms with van der Waals surface area (Å²) in [5.74, 6) is -1.49. The number of rotatable bonds is 4. The van der Waals surface area contributed by atoms with E-state index in [9.17, 15) is 9.59 Å². The first-order valence-electron chi connectivity index (χ1n) is 6.14. The van der Waals surface area contributed by atoms with Crippen LogP contribution in [0.5, 0.6) is 0 Å². The smallest absolute Gasteiger partial charge is 0.308 e. The van der Waals surface area contributed by atoms with Crippen LogP contribution in [0.3, 0.4) is 0 Å². The maximum Gasteiger partial charge on any atom is 0.308 e. The van der Waals surface area contributed by atoms with Crippen molar-refractivity contribution in [3.8, 4) is 0 Å². The molecule has 0 aromatic carbocycles. The molecule has 1 fully saturated rings. The first kappa shape index (κ1) is 13.5. The standard InChI is InChI=1S/C11H17N5O3/c1-7-9(11(18)19)2-3-16(7)10(17)6-15-5-8(4-12)13-14-15/h5,7,9H,2-4,6,12H2,1H3,(H,18,19). The van der Waals surface area contributed by atoms with Crippen molar-refractivity contribution in [3.63, 3.8) is 0 Å². The Hall–Kier alpha value is -1.96. The zero-order chi connectivity index (χ0) is 14.0. The molecule has 2 atom stereocenters. The minimum Gasteiger partial charge on any atom is -0.481 e. The Labute approximate surface area is 110 Å². The molecule has 0 aliphatic carbocycles. The number of carbonyl (C=O) groups excluding carboxylic acids is 1. The fourth-order valence-corrected chi connectivity index (χ4v) is 2.36. The van der Waals surface area contributed by atoms with Crippen LogP contribution >= 0.6 is 0 Å². The minimum absolute atomic E-state index is 0.0592. The zero-order valence-electron chi connectivity index (χ0n) is 10.7. The molecule has 1 aliphatic heterocycles. The van der Waals surface area contributed by atoms with Crippen molar-refractivity contribution in [3.05, 3.63) is 11.9 Å². The van der Waals surface area contributed by atoms with Gasteiger partial charge in [-0.15, -0.1) is 5.10 Å². The third-order valence-corrected chi connectivity index (χ3v) is 3.48. The molecule has 0 radical (unpaired) electrons. The first-order chi connectivity index (χ1) is 9.02. The molecule has 2 unspecified atom stereocenters. The van der Waals surface area contributed by atoms with Gasteiger partial charge in [-0.2, -0.15) is 0 Å². The Kier molecular flexibility index (Phi) is 3.79. The number of hydrogen-bond donors (Lipinski definition) is 2. The number of nitrogens with zero attached hydrogens (tertiary/aromatic N) is 4. The number of carboxylic acid groups (broad SMARTS) is 1. The summed E-state index contributed by atoms with van der Waals surface area (Å²) in [5, 5.41) is 16.6. The number of carboxylic acids is 1. The SMILES string of the molecule is CC1C(C(=O)O)CCN1C(=O)Cn1cc(CN)nn1. The summed E-state index contributed by atoms with van der Waals surface area (Å²) in [6.45, 7) is 2.56. The second-order valence-corrected chi connectivity index (χ2v) is 4.67. The van der Waals surface area contributed by atoms with Gasteiger partial charge >= 0.3 is 5.97 Å². The van der Waals surface area contributed by atoms with E-state index in [0.29, 0.717) is 18.7 Å². The van der Waals surface area contributed by atoms with Crippen molar-refractivity contribution in [2.75, 3.05) is 6.54 Å². The highest BCUT2D eigenvalue weighted by Crippen LogP contribution is 2.24. The molecule has 3 N–H and O–H groups in total. The molecular weight excluding hydrogens is 250 g/mol. The van der Waals surface area contributed by atoms with Crippen LogP contribution in [0.1, 0.15) is 19.0 Å². The summed E-state index contributed by atoms with van der Waals surface area (Å²) in [4.78, 5) is 24.7. The molecule has 1 aliphatic rings. The number of likely N-dealkylation sites (tertiary alicyclic amines) is 1. The van der Waals surface area contributed by atoms with Gasteiger partial charge in [0.2, 0.25) is 5.91 Å². The van der Waals surface area contributed by atoms with Crippen molar-refractivity contribution in [1.29, 1.82) is 0 Å². The summed E-state index contributed by atoms with van der Waals surface area (Å²) >= 11 is 0. The van der Waals surface area contributed by atoms with Gasteiger partial charge in [0.25, 0.3) is 0 Å². The molecule has 0 bridgehead atoms. The van der Waals surface area contributed by atoms with Crippen molar-refractivity contribution < 1.29 is 14.7 Å². The maximum absolute atomic E-state index is 12.1. The third kappa shape index (κ3) is 2.73. The van der Waals surface area contributed by atoms with Gasteiger partial charge in [-0.1, -0.05) is 5.21 Å². The second kappa shape index (κ2) is 5.35. The number of carbonyl (C=O) groups is 2. The Bertz CT molecular complexity index is 486. The van der Waals surface area contributed by atoms with Crippen LogP contribution in [-0.2, 0) is 22.7 Å². The van der Waals surface area contributed by atoms with Crippen LogP contribution < -0.4 is 5.73 Å². The van der Waals surface area contributed by atoms with Crippen LogP contribution in [0.4, 0.5) is 0 Å². The van der Waals surface area contributed by atoms with Crippen LogP contribution in [0, 0.1) is 5.92 Å². The fourth-order valence-electron chi connectivity index (χ4n) is 2.36. The van der Waals surface area contributed by atoms with Crippen molar-refractivity contribution in [2.45, 2.75) is 32.5 Å². The number of aromatic nitrogens is 3. The summed E-state index contributed by atoms with van der Waals surface area (Å²) in [6, 6.07) is -0.289. The highest BCUT2D eigenvalue weighted by molar-refractivity contribution is 5.79. The van der Waals surface area contributed by atoms with Crippen molar-refractivity contribution in [1.82, 2.24) is 19.9 Å². The topological polar surface area (TPSA) is 114 Å². The van der Waals surface area contributed by atoms with E-state index in [1.807, 2.05) is 0 Å². The Morgan fingerprint density at radius 1 is 1.58 bits per heavy atom. The molecule has 1 amide bonds. The Balaban J connectivity index is 1.99. The fraction of sp³-hybridized carbons (Fsp3) is 0.636. The molecule has 1 saturated heterocycles. The largest absolute Gasteiger partial charge is 0.481 e. The lowest BCUT2D eigenvalue weighted by Gasteiger charge is -2.23. The molecular formula is C11H17N5O3. The molecule has 1 aromatic heterocycles. The average Bonchev–Trinajstić information content (AvgIpc) is 2.95. The number of amides is 1. The summed E-state index contributed by atoms with van der Waals surface area (Å²) in [7, 11) is 0. The molecule has 1 aromatic rings. The maximum atomic E-state index is 12.1. The van der Waals surface area contributed by atoms with Crippen LogP contribution in [0.25, 0.3) is 0 Å². The summed E-state index contributed by atoms with van der Waals surface area (Å²) in [5.41, 5.74) is 6.03. The van der Waals surface area contributed by atoms with Crippen LogP contribution in [-0.4, -0.2) is 49.5 Å². The molecule has 2 rings (SSSR count). The van der Waals surface area contributed by atoms with Gasteiger partial charge in [0.1, 0.15) is 6.54 Å². The summed E-state index contributed by atoms with van der Waals surface area (Å²) < 4.78 is 1.42. The lowest BCUT2D eigenvalue weighted by molar-refractivity contribution is -0.143. The van der Waals surface area contributed by atoms with E-state index < -0.39 is 11.9 Å². The Morgan fingerprint density at radius 3 is 2.84 bits per heavy atom. The average molecular weight is 267 g/mol.